The van der Waals surface area contributed by atoms with Crippen molar-refractivity contribution in [3.63, 3.8) is 0 Å². The second-order valence-corrected chi connectivity index (χ2v) is 9.23. The number of amidine groups is 2. The fraction of sp³-hybridized carbons (Fsp3) is 0.0625. The molecular weight excluding hydrogens is 470 g/mol. The molecule has 1 unspecified atom stereocenters. The van der Waals surface area contributed by atoms with Crippen LogP contribution in [0.25, 0.3) is 33.5 Å². The van der Waals surface area contributed by atoms with E-state index in [9.17, 15) is 0 Å². The number of hydrogen-bond donors (Lipinski definition) is 0. The Morgan fingerprint density at radius 2 is 1.55 bits per heavy atom. The van der Waals surface area contributed by atoms with Crippen LogP contribution in [0.15, 0.2) is 130 Å². The molecule has 2 aromatic heterocycles. The van der Waals surface area contributed by atoms with Gasteiger partial charge >= 0.3 is 0 Å². The normalized spacial score (nSPS) is 15.5. The predicted molar refractivity (Wildman–Crippen MR) is 151 cm³/mol. The van der Waals surface area contributed by atoms with E-state index in [0.717, 1.165) is 44.4 Å². The van der Waals surface area contributed by atoms with Crippen LogP contribution >= 0.6 is 0 Å². The van der Waals surface area contributed by atoms with Crippen LogP contribution in [-0.4, -0.2) is 33.6 Å². The third-order valence-electron chi connectivity index (χ3n) is 6.80. The van der Waals surface area contributed by atoms with Crippen molar-refractivity contribution in [2.75, 3.05) is 7.05 Å². The minimum absolute atomic E-state index is 0.187. The van der Waals surface area contributed by atoms with E-state index >= 15 is 0 Å². The molecule has 38 heavy (non-hydrogen) atoms. The van der Waals surface area contributed by atoms with Crippen molar-refractivity contribution in [2.45, 2.75) is 6.17 Å². The lowest BCUT2D eigenvalue weighted by Gasteiger charge is -2.32. The number of pyridine rings is 1. The zero-order valence-corrected chi connectivity index (χ0v) is 20.7. The van der Waals surface area contributed by atoms with Gasteiger partial charge < -0.3 is 9.32 Å². The zero-order chi connectivity index (χ0) is 25.5. The Morgan fingerprint density at radius 3 is 2.34 bits per heavy atom. The third-order valence-corrected chi connectivity index (χ3v) is 6.80. The van der Waals surface area contributed by atoms with Crippen LogP contribution < -0.4 is 0 Å². The van der Waals surface area contributed by atoms with Crippen molar-refractivity contribution in [3.05, 3.63) is 132 Å². The van der Waals surface area contributed by atoms with Crippen molar-refractivity contribution in [1.82, 2.24) is 14.9 Å². The number of oxazole rings is 1. The largest absolute Gasteiger partial charge is 0.435 e. The predicted octanol–water partition coefficient (Wildman–Crippen LogP) is 6.88. The summed E-state index contributed by atoms with van der Waals surface area (Å²) in [5, 5.41) is 2.06. The Morgan fingerprint density at radius 1 is 0.763 bits per heavy atom. The van der Waals surface area contributed by atoms with Crippen LogP contribution in [0.4, 0.5) is 0 Å². The van der Waals surface area contributed by atoms with Gasteiger partial charge in [0.05, 0.1) is 0 Å². The van der Waals surface area contributed by atoms with E-state index in [0.29, 0.717) is 17.4 Å². The van der Waals surface area contributed by atoms with Gasteiger partial charge in [-0.25, -0.2) is 15.0 Å². The summed E-state index contributed by atoms with van der Waals surface area (Å²) < 4.78 is 6.02. The summed E-state index contributed by atoms with van der Waals surface area (Å²) >= 11 is 0. The maximum Gasteiger partial charge on any atom is 0.246 e. The summed E-state index contributed by atoms with van der Waals surface area (Å²) in [5.74, 6) is 2.10. The van der Waals surface area contributed by atoms with Crippen molar-refractivity contribution in [2.24, 2.45) is 9.98 Å². The quantitative estimate of drug-likeness (QED) is 0.268. The highest BCUT2D eigenvalue weighted by Crippen LogP contribution is 2.32. The third kappa shape index (κ3) is 3.83. The highest BCUT2D eigenvalue weighted by Gasteiger charge is 2.26. The van der Waals surface area contributed by atoms with Crippen LogP contribution in [0.1, 0.15) is 22.9 Å². The number of rotatable bonds is 4. The van der Waals surface area contributed by atoms with E-state index in [4.69, 9.17) is 19.4 Å². The first-order valence-corrected chi connectivity index (χ1v) is 12.5. The summed E-state index contributed by atoms with van der Waals surface area (Å²) in [6.07, 6.45) is 1.55. The second-order valence-electron chi connectivity index (χ2n) is 9.23. The highest BCUT2D eigenvalue weighted by molar-refractivity contribution is 6.14. The molecule has 0 aliphatic carbocycles. The molecule has 0 saturated carbocycles. The SMILES string of the molecule is CN1C(c2ccccc2)=NC(c2ccc3c(ccc4oc(-c5ccccn5)nc43)c2)=NC1c1ccccc1. The molecule has 0 saturated heterocycles. The molecule has 0 N–H and O–H groups in total. The first kappa shape index (κ1) is 22.1. The Bertz CT molecular complexity index is 1830. The molecule has 6 nitrogen and oxygen atoms in total. The second kappa shape index (κ2) is 9.09. The molecule has 0 spiro atoms. The van der Waals surface area contributed by atoms with Gasteiger partial charge in [0.2, 0.25) is 5.89 Å². The van der Waals surface area contributed by atoms with Crippen molar-refractivity contribution in [3.8, 4) is 11.6 Å². The maximum absolute atomic E-state index is 6.02. The van der Waals surface area contributed by atoms with Gasteiger partial charge in [-0.3, -0.25) is 4.98 Å². The fourth-order valence-corrected chi connectivity index (χ4v) is 4.90. The number of nitrogens with zero attached hydrogens (tertiary/aromatic N) is 5. The summed E-state index contributed by atoms with van der Waals surface area (Å²) in [6, 6.07) is 36.6. The summed E-state index contributed by atoms with van der Waals surface area (Å²) in [4.78, 5) is 21.4. The van der Waals surface area contributed by atoms with Crippen molar-refractivity contribution in [1.29, 1.82) is 0 Å². The number of aromatic nitrogens is 2. The molecule has 6 aromatic rings. The van der Waals surface area contributed by atoms with Gasteiger partial charge in [-0.05, 0) is 35.2 Å². The van der Waals surface area contributed by atoms with Gasteiger partial charge in [-0.2, -0.15) is 0 Å². The topological polar surface area (TPSA) is 66.9 Å². The van der Waals surface area contributed by atoms with Crippen molar-refractivity contribution < 1.29 is 4.42 Å². The van der Waals surface area contributed by atoms with Gasteiger partial charge in [-0.1, -0.05) is 84.9 Å². The fourth-order valence-electron chi connectivity index (χ4n) is 4.90. The lowest BCUT2D eigenvalue weighted by atomic mass is 10.0. The summed E-state index contributed by atoms with van der Waals surface area (Å²) in [7, 11) is 2.05. The number of fused-ring (bicyclic) bond motifs is 3. The Balaban J connectivity index is 1.35. The van der Waals surface area contributed by atoms with E-state index in [-0.39, 0.29) is 6.17 Å². The van der Waals surface area contributed by atoms with Crippen LogP contribution in [-0.2, 0) is 0 Å². The standard InChI is InChI=1S/C32H23N5O/c1-37-30(21-10-4-2-5-11-21)35-29(36-31(37)22-12-6-3-7-13-22)24-15-17-25-23(20-24)16-18-27-28(25)34-32(38-27)26-14-8-9-19-33-26/h2-20,30H,1H3. The number of hydrogen-bond acceptors (Lipinski definition) is 6. The maximum atomic E-state index is 6.02. The van der Waals surface area contributed by atoms with Gasteiger partial charge in [0, 0.05) is 29.8 Å². The average Bonchev–Trinajstić information content (AvgIpc) is 3.43. The molecule has 3 heterocycles. The first-order chi connectivity index (χ1) is 18.7. The molecule has 0 fully saturated rings. The molecule has 4 aromatic carbocycles. The van der Waals surface area contributed by atoms with Crippen LogP contribution in [0.2, 0.25) is 0 Å². The van der Waals surface area contributed by atoms with Gasteiger partial charge in [0.25, 0.3) is 0 Å². The van der Waals surface area contributed by atoms with E-state index in [1.54, 1.807) is 6.20 Å². The molecule has 0 bridgehead atoms. The molecule has 182 valence electrons. The first-order valence-electron chi connectivity index (χ1n) is 12.5. The van der Waals surface area contributed by atoms with Crippen LogP contribution in [0.5, 0.6) is 0 Å². The molecule has 7 rings (SSSR count). The van der Waals surface area contributed by atoms with Crippen LogP contribution in [0.3, 0.4) is 0 Å². The smallest absolute Gasteiger partial charge is 0.246 e. The van der Waals surface area contributed by atoms with E-state index in [1.165, 1.54) is 0 Å². The van der Waals surface area contributed by atoms with Gasteiger partial charge in [0.15, 0.2) is 11.4 Å². The average molecular weight is 494 g/mol. The minimum atomic E-state index is -0.187. The number of aliphatic imine (C=N–C) groups is 2. The molecule has 1 aliphatic rings. The van der Waals surface area contributed by atoms with Crippen LogP contribution in [0, 0.1) is 0 Å². The van der Waals surface area contributed by atoms with Gasteiger partial charge in [-0.15, -0.1) is 0 Å². The molecule has 1 aliphatic heterocycles. The Kier molecular flexibility index (Phi) is 5.29. The highest BCUT2D eigenvalue weighted by atomic mass is 16.3. The molecule has 0 amide bonds. The Hall–Kier alpha value is -5.10. The Labute approximate surface area is 219 Å². The van der Waals surface area contributed by atoms with E-state index in [2.05, 4.69) is 58.4 Å². The number of benzene rings is 4. The minimum Gasteiger partial charge on any atom is -0.435 e. The zero-order valence-electron chi connectivity index (χ0n) is 20.7. The molecule has 1 atom stereocenters. The molecular formula is C32H23N5O. The molecule has 6 heteroatoms. The summed E-state index contributed by atoms with van der Waals surface area (Å²) in [6.45, 7) is 0. The van der Waals surface area contributed by atoms with E-state index < -0.39 is 0 Å². The summed E-state index contributed by atoms with van der Waals surface area (Å²) in [5.41, 5.74) is 5.38. The van der Waals surface area contributed by atoms with Gasteiger partial charge in [0.1, 0.15) is 23.2 Å². The lowest BCUT2D eigenvalue weighted by molar-refractivity contribution is 0.383. The lowest BCUT2D eigenvalue weighted by Crippen LogP contribution is -2.35. The van der Waals surface area contributed by atoms with Crippen molar-refractivity contribution >= 4 is 33.5 Å². The monoisotopic (exact) mass is 493 g/mol. The molecule has 0 radical (unpaired) electrons. The van der Waals surface area contributed by atoms with E-state index in [1.807, 2.05) is 67.7 Å².